The van der Waals surface area contributed by atoms with Gasteiger partial charge in [-0.3, -0.25) is 15.2 Å². The number of hydrogen-bond donors (Lipinski definition) is 3. The summed E-state index contributed by atoms with van der Waals surface area (Å²) in [6.45, 7) is 1.11. The van der Waals surface area contributed by atoms with E-state index in [4.69, 9.17) is 5.73 Å². The van der Waals surface area contributed by atoms with Crippen molar-refractivity contribution < 1.29 is 9.18 Å². The van der Waals surface area contributed by atoms with Gasteiger partial charge in [0, 0.05) is 12.4 Å². The minimum atomic E-state index is -1.51. The number of nitrogens with one attached hydrogen (secondary N) is 1. The van der Waals surface area contributed by atoms with Crippen molar-refractivity contribution in [2.75, 3.05) is 5.73 Å². The van der Waals surface area contributed by atoms with Crippen LogP contribution in [0.15, 0.2) is 24.5 Å². The van der Waals surface area contributed by atoms with Crippen molar-refractivity contribution in [3.05, 3.63) is 24.5 Å². The Morgan fingerprint density at radius 2 is 2.36 bits per heavy atom. The number of rotatable bonds is 1. The molecule has 0 saturated carbocycles. The molecule has 6 heteroatoms. The zero-order valence-electron chi connectivity index (χ0n) is 7.77. The molecule has 1 unspecified atom stereocenters. The molecule has 1 atom stereocenters. The third kappa shape index (κ3) is 5.90. The van der Waals surface area contributed by atoms with Crippen molar-refractivity contribution in [3.63, 3.8) is 0 Å². The number of aromatic nitrogens is 1. The first kappa shape index (κ1) is 12.3. The number of nitrogens with two attached hydrogens (primary N) is 2. The number of pyridine rings is 1. The Kier molecular flexibility index (Phi) is 5.97. The second-order valence-corrected chi connectivity index (χ2v) is 2.41. The van der Waals surface area contributed by atoms with Crippen molar-refractivity contribution in [2.24, 2.45) is 5.84 Å². The van der Waals surface area contributed by atoms with Gasteiger partial charge in [0.25, 0.3) is 5.91 Å². The second kappa shape index (κ2) is 6.79. The monoisotopic (exact) mass is 200 g/mol. The lowest BCUT2D eigenvalue weighted by Gasteiger charge is -1.95. The molecular formula is C8H13FN4O. The number of nitrogen functional groups attached to an aromatic ring is 1. The van der Waals surface area contributed by atoms with Crippen molar-refractivity contribution in [1.82, 2.24) is 10.4 Å². The lowest BCUT2D eigenvalue weighted by Crippen LogP contribution is -2.35. The van der Waals surface area contributed by atoms with Crippen LogP contribution in [0.25, 0.3) is 0 Å². The minimum Gasteiger partial charge on any atom is -0.397 e. The van der Waals surface area contributed by atoms with Gasteiger partial charge in [-0.15, -0.1) is 0 Å². The molecule has 5 nitrogen and oxygen atoms in total. The van der Waals surface area contributed by atoms with Crippen LogP contribution >= 0.6 is 0 Å². The number of anilines is 1. The number of carbonyl (C=O) groups excluding carboxylic acids is 1. The molecule has 78 valence electrons. The second-order valence-electron chi connectivity index (χ2n) is 2.41. The fraction of sp³-hybridized carbons (Fsp3) is 0.250. The lowest BCUT2D eigenvalue weighted by molar-refractivity contribution is -0.125. The number of halogens is 1. The smallest absolute Gasteiger partial charge is 0.268 e. The summed E-state index contributed by atoms with van der Waals surface area (Å²) in [5.41, 5.74) is 7.66. The van der Waals surface area contributed by atoms with Gasteiger partial charge in [-0.2, -0.15) is 0 Å². The average molecular weight is 200 g/mol. The molecule has 0 fully saturated rings. The van der Waals surface area contributed by atoms with Crippen LogP contribution in [-0.2, 0) is 4.79 Å². The van der Waals surface area contributed by atoms with Crippen LogP contribution in [0.5, 0.6) is 0 Å². The maximum Gasteiger partial charge on any atom is 0.268 e. The van der Waals surface area contributed by atoms with Gasteiger partial charge in [0.15, 0.2) is 6.17 Å². The predicted octanol–water partition coefficient (Wildman–Crippen LogP) is -0.00190. The first-order valence-electron chi connectivity index (χ1n) is 3.88. The summed E-state index contributed by atoms with van der Waals surface area (Å²) < 4.78 is 11.6. The van der Waals surface area contributed by atoms with E-state index in [2.05, 4.69) is 10.8 Å². The molecule has 1 amide bonds. The largest absolute Gasteiger partial charge is 0.397 e. The Hall–Kier alpha value is -1.69. The van der Waals surface area contributed by atoms with Crippen molar-refractivity contribution >= 4 is 11.6 Å². The average Bonchev–Trinajstić information content (AvgIpc) is 2.18. The predicted molar refractivity (Wildman–Crippen MR) is 51.5 cm³/mol. The molecule has 1 aromatic rings. The van der Waals surface area contributed by atoms with E-state index in [9.17, 15) is 9.18 Å². The van der Waals surface area contributed by atoms with Gasteiger partial charge in [0.2, 0.25) is 0 Å². The number of hydrazine groups is 1. The van der Waals surface area contributed by atoms with E-state index in [1.807, 2.05) is 0 Å². The molecule has 0 radical (unpaired) electrons. The van der Waals surface area contributed by atoms with E-state index < -0.39 is 12.1 Å². The normalized spacial score (nSPS) is 10.8. The zero-order chi connectivity index (χ0) is 11.0. The van der Waals surface area contributed by atoms with Crippen molar-refractivity contribution in [1.29, 1.82) is 0 Å². The maximum absolute atomic E-state index is 11.6. The highest BCUT2D eigenvalue weighted by Crippen LogP contribution is 1.92. The topological polar surface area (TPSA) is 94.0 Å². The lowest BCUT2D eigenvalue weighted by atomic mass is 10.4. The van der Waals surface area contributed by atoms with Crippen LogP contribution in [-0.4, -0.2) is 17.1 Å². The number of hydrogen-bond acceptors (Lipinski definition) is 4. The third-order valence-electron chi connectivity index (χ3n) is 1.19. The number of carbonyl (C=O) groups is 1. The van der Waals surface area contributed by atoms with E-state index in [0.717, 1.165) is 6.92 Å². The summed E-state index contributed by atoms with van der Waals surface area (Å²) in [6.07, 6.45) is 1.79. The van der Waals surface area contributed by atoms with Crippen LogP contribution < -0.4 is 17.0 Å². The van der Waals surface area contributed by atoms with E-state index in [-0.39, 0.29) is 0 Å². The van der Waals surface area contributed by atoms with Gasteiger partial charge in [-0.05, 0) is 19.1 Å². The molecule has 0 aliphatic heterocycles. The molecule has 5 N–H and O–H groups in total. The van der Waals surface area contributed by atoms with Crippen LogP contribution in [0.2, 0.25) is 0 Å². The molecule has 0 bridgehead atoms. The number of nitrogens with zero attached hydrogens (tertiary/aromatic N) is 1. The Bertz CT molecular complexity index is 265. The van der Waals surface area contributed by atoms with Gasteiger partial charge < -0.3 is 5.73 Å². The highest BCUT2D eigenvalue weighted by atomic mass is 19.1. The van der Waals surface area contributed by atoms with Gasteiger partial charge >= 0.3 is 0 Å². The van der Waals surface area contributed by atoms with Gasteiger partial charge in [-0.1, -0.05) is 0 Å². The van der Waals surface area contributed by atoms with Crippen molar-refractivity contribution in [2.45, 2.75) is 13.1 Å². The Morgan fingerprint density at radius 1 is 1.71 bits per heavy atom. The molecule has 1 heterocycles. The van der Waals surface area contributed by atoms with E-state index in [1.165, 1.54) is 0 Å². The van der Waals surface area contributed by atoms with Crippen LogP contribution in [0.3, 0.4) is 0 Å². The first-order valence-corrected chi connectivity index (χ1v) is 3.88. The Balaban J connectivity index is 0.000000241. The standard InChI is InChI=1S/C5H6N2.C3H7FN2O/c6-5-2-1-3-7-4-5;1-2(4)3(7)6-5/h1-4H,6H2;2H,5H2,1H3,(H,6,7). The summed E-state index contributed by atoms with van der Waals surface area (Å²) >= 11 is 0. The fourth-order valence-electron chi connectivity index (χ4n) is 0.491. The number of alkyl halides is 1. The SMILES string of the molecule is CC(F)C(=O)NN.Nc1cccnc1. The Morgan fingerprint density at radius 3 is 2.50 bits per heavy atom. The first-order chi connectivity index (χ1) is 6.57. The highest BCUT2D eigenvalue weighted by molar-refractivity contribution is 5.79. The fourth-order valence-corrected chi connectivity index (χ4v) is 0.491. The molecule has 0 aliphatic rings. The Labute approximate surface area is 81.3 Å². The number of amides is 1. The van der Waals surface area contributed by atoms with Crippen LogP contribution in [0.4, 0.5) is 10.1 Å². The summed E-state index contributed by atoms with van der Waals surface area (Å²) in [7, 11) is 0. The quantitative estimate of drug-likeness (QED) is 0.338. The molecule has 1 aromatic heterocycles. The molecule has 0 aliphatic carbocycles. The van der Waals surface area contributed by atoms with Crippen LogP contribution in [0, 0.1) is 0 Å². The summed E-state index contributed by atoms with van der Waals surface area (Å²) in [5.74, 6) is 3.74. The van der Waals surface area contributed by atoms with Gasteiger partial charge in [0.05, 0.1) is 5.69 Å². The highest BCUT2D eigenvalue weighted by Gasteiger charge is 2.05. The molecule has 0 aromatic carbocycles. The van der Waals surface area contributed by atoms with Crippen LogP contribution in [0.1, 0.15) is 6.92 Å². The summed E-state index contributed by atoms with van der Waals surface area (Å²) in [5, 5.41) is 0. The zero-order valence-corrected chi connectivity index (χ0v) is 7.77. The summed E-state index contributed by atoms with van der Waals surface area (Å²) in [6, 6.07) is 3.60. The van der Waals surface area contributed by atoms with E-state index in [1.54, 1.807) is 30.0 Å². The molecular weight excluding hydrogens is 187 g/mol. The minimum absolute atomic E-state index is 0.711. The summed E-state index contributed by atoms with van der Waals surface area (Å²) in [4.78, 5) is 13.7. The van der Waals surface area contributed by atoms with E-state index >= 15 is 0 Å². The van der Waals surface area contributed by atoms with Gasteiger partial charge in [-0.25, -0.2) is 10.2 Å². The molecule has 0 saturated heterocycles. The molecule has 1 rings (SSSR count). The van der Waals surface area contributed by atoms with Crippen molar-refractivity contribution in [3.8, 4) is 0 Å². The maximum atomic E-state index is 11.6. The molecule has 14 heavy (non-hydrogen) atoms. The third-order valence-corrected chi connectivity index (χ3v) is 1.19. The molecule has 0 spiro atoms. The van der Waals surface area contributed by atoms with E-state index in [0.29, 0.717) is 5.69 Å². The van der Waals surface area contributed by atoms with Gasteiger partial charge in [0.1, 0.15) is 0 Å².